The summed E-state index contributed by atoms with van der Waals surface area (Å²) in [5, 5.41) is 0. The van der Waals surface area contributed by atoms with Crippen LogP contribution in [0, 0.1) is 6.92 Å². The fourth-order valence-electron chi connectivity index (χ4n) is 1.22. The molecule has 1 aromatic heterocycles. The fourth-order valence-corrected chi connectivity index (χ4v) is 1.55. The molecule has 0 unspecified atom stereocenters. The van der Waals surface area contributed by atoms with Gasteiger partial charge in [0.15, 0.2) is 0 Å². The van der Waals surface area contributed by atoms with E-state index in [0.717, 1.165) is 21.1 Å². The van der Waals surface area contributed by atoms with Gasteiger partial charge in [-0.2, -0.15) is 0 Å². The molecule has 0 aliphatic rings. The summed E-state index contributed by atoms with van der Waals surface area (Å²) in [5.41, 5.74) is 2.60. The van der Waals surface area contributed by atoms with Crippen LogP contribution < -0.4 is 5.69 Å². The zero-order valence-electron chi connectivity index (χ0n) is 6.44. The number of halogens is 1. The van der Waals surface area contributed by atoms with E-state index < -0.39 is 0 Å². The first-order chi connectivity index (χ1) is 5.68. The summed E-state index contributed by atoms with van der Waals surface area (Å²) in [4.78, 5) is 16.3. The number of imidazole rings is 1. The molecule has 12 heavy (non-hydrogen) atoms. The maximum absolute atomic E-state index is 10.9. The maximum Gasteiger partial charge on any atom is 0.323 e. The van der Waals surface area contributed by atoms with Crippen molar-refractivity contribution in [2.75, 3.05) is 0 Å². The van der Waals surface area contributed by atoms with E-state index in [2.05, 4.69) is 25.9 Å². The van der Waals surface area contributed by atoms with Gasteiger partial charge in [0, 0.05) is 4.47 Å². The molecule has 4 heteroatoms. The van der Waals surface area contributed by atoms with Gasteiger partial charge in [0.05, 0.1) is 11.0 Å². The second-order valence-corrected chi connectivity index (χ2v) is 3.53. The Morgan fingerprint density at radius 3 is 2.83 bits per heavy atom. The summed E-state index contributed by atoms with van der Waals surface area (Å²) in [7, 11) is 0. The molecule has 0 fully saturated rings. The van der Waals surface area contributed by atoms with Crippen molar-refractivity contribution < 1.29 is 0 Å². The Balaban J connectivity index is 2.99. The van der Waals surface area contributed by atoms with Crippen LogP contribution in [0.1, 0.15) is 5.56 Å². The molecule has 0 amide bonds. The first kappa shape index (κ1) is 7.61. The standard InChI is InChI=1S/C8H7BrN2O/c1-4-5(9)2-3-6-7(4)11-8(12)10-6/h2-3H,1H3,(H2,10,11,12). The number of nitrogens with one attached hydrogen (secondary N) is 2. The van der Waals surface area contributed by atoms with Crippen LogP contribution in [0.25, 0.3) is 11.0 Å². The Kier molecular flexibility index (Phi) is 1.58. The van der Waals surface area contributed by atoms with Crippen molar-refractivity contribution in [2.45, 2.75) is 6.92 Å². The first-order valence-corrected chi connectivity index (χ1v) is 4.35. The highest BCUT2D eigenvalue weighted by Crippen LogP contribution is 2.21. The predicted octanol–water partition coefficient (Wildman–Crippen LogP) is 1.93. The molecule has 0 bridgehead atoms. The summed E-state index contributed by atoms with van der Waals surface area (Å²) in [5.74, 6) is 0. The Morgan fingerprint density at radius 2 is 2.08 bits per heavy atom. The molecule has 0 radical (unpaired) electrons. The molecular formula is C8H7BrN2O. The number of aryl methyl sites for hydroxylation is 1. The van der Waals surface area contributed by atoms with Gasteiger partial charge in [-0.3, -0.25) is 0 Å². The minimum atomic E-state index is -0.161. The summed E-state index contributed by atoms with van der Waals surface area (Å²) in [6.45, 7) is 1.95. The summed E-state index contributed by atoms with van der Waals surface area (Å²) < 4.78 is 1.00. The molecule has 1 aromatic carbocycles. The number of fused-ring (bicyclic) bond motifs is 1. The molecule has 0 saturated carbocycles. The Hall–Kier alpha value is -1.03. The minimum Gasteiger partial charge on any atom is -0.306 e. The van der Waals surface area contributed by atoms with Crippen molar-refractivity contribution in [1.82, 2.24) is 9.97 Å². The number of hydrogen-bond donors (Lipinski definition) is 2. The lowest BCUT2D eigenvalue weighted by molar-refractivity contribution is 1.21. The lowest BCUT2D eigenvalue weighted by atomic mass is 10.2. The lowest BCUT2D eigenvalue weighted by Gasteiger charge is -1.97. The number of benzene rings is 1. The van der Waals surface area contributed by atoms with E-state index in [4.69, 9.17) is 0 Å². The highest BCUT2D eigenvalue weighted by Gasteiger charge is 2.03. The van der Waals surface area contributed by atoms with E-state index in [1.807, 2.05) is 19.1 Å². The van der Waals surface area contributed by atoms with Crippen molar-refractivity contribution in [3.05, 3.63) is 32.7 Å². The first-order valence-electron chi connectivity index (χ1n) is 3.55. The van der Waals surface area contributed by atoms with Gasteiger partial charge in [-0.25, -0.2) is 4.79 Å². The molecule has 2 aromatic rings. The van der Waals surface area contributed by atoms with Gasteiger partial charge in [0.1, 0.15) is 0 Å². The number of rotatable bonds is 0. The number of aromatic nitrogens is 2. The smallest absolute Gasteiger partial charge is 0.306 e. The number of H-pyrrole nitrogens is 2. The molecule has 0 atom stereocenters. The molecule has 3 nitrogen and oxygen atoms in total. The van der Waals surface area contributed by atoms with Crippen molar-refractivity contribution in [3.63, 3.8) is 0 Å². The monoisotopic (exact) mass is 226 g/mol. The molecule has 1 heterocycles. The van der Waals surface area contributed by atoms with Crippen LogP contribution in [0.15, 0.2) is 21.4 Å². The average molecular weight is 227 g/mol. The molecule has 0 aliphatic carbocycles. The number of aromatic amines is 2. The molecule has 2 rings (SSSR count). The Morgan fingerprint density at radius 1 is 1.33 bits per heavy atom. The van der Waals surface area contributed by atoms with Crippen molar-refractivity contribution in [1.29, 1.82) is 0 Å². The zero-order chi connectivity index (χ0) is 8.72. The van der Waals surface area contributed by atoms with E-state index in [1.54, 1.807) is 0 Å². The fraction of sp³-hybridized carbons (Fsp3) is 0.125. The third-order valence-corrected chi connectivity index (χ3v) is 2.74. The Labute approximate surface area is 76.9 Å². The SMILES string of the molecule is Cc1c(Br)ccc2[nH]c(=O)[nH]c12. The zero-order valence-corrected chi connectivity index (χ0v) is 8.03. The van der Waals surface area contributed by atoms with Crippen molar-refractivity contribution in [2.24, 2.45) is 0 Å². The average Bonchev–Trinajstić information content (AvgIpc) is 2.39. The van der Waals surface area contributed by atoms with E-state index in [1.165, 1.54) is 0 Å². The van der Waals surface area contributed by atoms with Gasteiger partial charge >= 0.3 is 5.69 Å². The molecule has 62 valence electrons. The van der Waals surface area contributed by atoms with Crippen molar-refractivity contribution >= 4 is 27.0 Å². The summed E-state index contributed by atoms with van der Waals surface area (Å²) >= 11 is 3.39. The van der Waals surface area contributed by atoms with E-state index in [9.17, 15) is 4.79 Å². The van der Waals surface area contributed by atoms with Gasteiger partial charge < -0.3 is 9.97 Å². The van der Waals surface area contributed by atoms with Crippen LogP contribution in [0.5, 0.6) is 0 Å². The van der Waals surface area contributed by atoms with Gasteiger partial charge in [-0.05, 0) is 24.6 Å². The van der Waals surface area contributed by atoms with E-state index >= 15 is 0 Å². The largest absolute Gasteiger partial charge is 0.323 e. The van der Waals surface area contributed by atoms with Gasteiger partial charge in [-0.1, -0.05) is 15.9 Å². The van der Waals surface area contributed by atoms with Crippen LogP contribution in [0.4, 0.5) is 0 Å². The third-order valence-electron chi connectivity index (χ3n) is 1.89. The Bertz CT molecular complexity index is 483. The normalized spacial score (nSPS) is 10.8. The molecule has 0 spiro atoms. The third kappa shape index (κ3) is 0.992. The lowest BCUT2D eigenvalue weighted by Crippen LogP contribution is -1.99. The maximum atomic E-state index is 10.9. The van der Waals surface area contributed by atoms with Gasteiger partial charge in [0.2, 0.25) is 0 Å². The van der Waals surface area contributed by atoms with Gasteiger partial charge in [0.25, 0.3) is 0 Å². The van der Waals surface area contributed by atoms with Crippen LogP contribution in [0.3, 0.4) is 0 Å². The minimum absolute atomic E-state index is 0.161. The second-order valence-electron chi connectivity index (χ2n) is 2.67. The van der Waals surface area contributed by atoms with Gasteiger partial charge in [-0.15, -0.1) is 0 Å². The van der Waals surface area contributed by atoms with E-state index in [0.29, 0.717) is 0 Å². The summed E-state index contributed by atoms with van der Waals surface area (Å²) in [6.07, 6.45) is 0. The van der Waals surface area contributed by atoms with Crippen LogP contribution in [0.2, 0.25) is 0 Å². The van der Waals surface area contributed by atoms with Crippen LogP contribution in [-0.2, 0) is 0 Å². The predicted molar refractivity (Wildman–Crippen MR) is 51.4 cm³/mol. The highest BCUT2D eigenvalue weighted by atomic mass is 79.9. The molecule has 0 saturated heterocycles. The van der Waals surface area contributed by atoms with E-state index in [-0.39, 0.29) is 5.69 Å². The quantitative estimate of drug-likeness (QED) is 0.709. The molecule has 0 aliphatic heterocycles. The highest BCUT2D eigenvalue weighted by molar-refractivity contribution is 9.10. The van der Waals surface area contributed by atoms with Crippen LogP contribution >= 0.6 is 15.9 Å². The number of hydrogen-bond acceptors (Lipinski definition) is 1. The second kappa shape index (κ2) is 2.48. The molecule has 2 N–H and O–H groups in total. The van der Waals surface area contributed by atoms with Crippen molar-refractivity contribution in [3.8, 4) is 0 Å². The van der Waals surface area contributed by atoms with Crippen LogP contribution in [-0.4, -0.2) is 9.97 Å². The summed E-state index contributed by atoms with van der Waals surface area (Å²) in [6, 6.07) is 3.78. The molecular weight excluding hydrogens is 220 g/mol. The topological polar surface area (TPSA) is 48.6 Å².